The van der Waals surface area contributed by atoms with Crippen LogP contribution in [0.15, 0.2) is 38.5 Å². The molecule has 0 aliphatic rings. The van der Waals surface area contributed by atoms with E-state index in [0.717, 1.165) is 15.7 Å². The number of sulfonamides is 1. The highest BCUT2D eigenvalue weighted by atomic mass is 79.9. The predicted octanol–water partition coefficient (Wildman–Crippen LogP) is 2.74. The Bertz CT molecular complexity index is 654. The summed E-state index contributed by atoms with van der Waals surface area (Å²) in [4.78, 5) is 4.42. The van der Waals surface area contributed by atoms with E-state index in [1.165, 1.54) is 11.3 Å². The van der Waals surface area contributed by atoms with E-state index >= 15 is 0 Å². The van der Waals surface area contributed by atoms with Gasteiger partial charge in [-0.2, -0.15) is 0 Å². The first-order chi connectivity index (χ1) is 8.99. The van der Waals surface area contributed by atoms with Crippen molar-refractivity contribution >= 4 is 37.3 Å². The molecule has 1 N–H and O–H groups in total. The zero-order valence-electron chi connectivity index (χ0n) is 10.3. The van der Waals surface area contributed by atoms with Crippen molar-refractivity contribution in [1.82, 2.24) is 9.71 Å². The quantitative estimate of drug-likeness (QED) is 0.891. The fraction of sp³-hybridized carbons (Fsp3) is 0.250. The van der Waals surface area contributed by atoms with Crippen LogP contribution in [0.25, 0.3) is 0 Å². The molecule has 0 aliphatic carbocycles. The molecule has 0 fully saturated rings. The van der Waals surface area contributed by atoms with Gasteiger partial charge in [0.05, 0.1) is 16.1 Å². The normalized spacial score (nSPS) is 11.7. The zero-order chi connectivity index (χ0) is 13.9. The van der Waals surface area contributed by atoms with Gasteiger partial charge in [0.2, 0.25) is 10.0 Å². The number of thiazole rings is 1. The first-order valence-electron chi connectivity index (χ1n) is 5.62. The van der Waals surface area contributed by atoms with Crippen molar-refractivity contribution in [2.45, 2.75) is 18.2 Å². The van der Waals surface area contributed by atoms with Crippen LogP contribution in [0.4, 0.5) is 0 Å². The summed E-state index contributed by atoms with van der Waals surface area (Å²) in [7, 11) is -3.47. The summed E-state index contributed by atoms with van der Waals surface area (Å²) in [5.41, 5.74) is 3.37. The molecule has 0 amide bonds. The molecule has 1 heterocycles. The van der Waals surface area contributed by atoms with E-state index in [-0.39, 0.29) is 0 Å². The molecule has 102 valence electrons. The van der Waals surface area contributed by atoms with Crippen LogP contribution in [0.5, 0.6) is 0 Å². The van der Waals surface area contributed by atoms with Crippen LogP contribution in [0.3, 0.4) is 0 Å². The molecule has 2 aromatic rings. The van der Waals surface area contributed by atoms with Crippen LogP contribution in [-0.4, -0.2) is 19.9 Å². The van der Waals surface area contributed by atoms with Gasteiger partial charge in [0.15, 0.2) is 0 Å². The van der Waals surface area contributed by atoms with Gasteiger partial charge in [0.1, 0.15) is 0 Å². The highest BCUT2D eigenvalue weighted by Gasteiger charge is 2.16. The molecule has 1 aromatic heterocycles. The lowest BCUT2D eigenvalue weighted by Gasteiger charge is -2.09. The molecule has 0 saturated carbocycles. The molecule has 1 aromatic carbocycles. The van der Waals surface area contributed by atoms with Gasteiger partial charge in [-0.1, -0.05) is 22.0 Å². The highest BCUT2D eigenvalue weighted by molar-refractivity contribution is 9.10. The van der Waals surface area contributed by atoms with Crippen LogP contribution in [-0.2, 0) is 16.4 Å². The molecule has 0 unspecified atom stereocenters. The molecular formula is C12H13BrN2O2S2. The Balaban J connectivity index is 2.07. The maximum Gasteiger partial charge on any atom is 0.240 e. The SMILES string of the molecule is Cc1ccc(Br)cc1S(=O)(=O)NCCc1cscn1. The van der Waals surface area contributed by atoms with E-state index in [9.17, 15) is 8.42 Å². The summed E-state index contributed by atoms with van der Waals surface area (Å²) in [5, 5.41) is 1.92. The van der Waals surface area contributed by atoms with Gasteiger partial charge < -0.3 is 0 Å². The Morgan fingerprint density at radius 1 is 1.42 bits per heavy atom. The monoisotopic (exact) mass is 360 g/mol. The summed E-state index contributed by atoms with van der Waals surface area (Å²) in [6, 6.07) is 5.21. The molecule has 2 rings (SSSR count). The van der Waals surface area contributed by atoms with Crippen molar-refractivity contribution in [3.05, 3.63) is 44.8 Å². The topological polar surface area (TPSA) is 59.1 Å². The highest BCUT2D eigenvalue weighted by Crippen LogP contribution is 2.20. The Morgan fingerprint density at radius 3 is 2.89 bits per heavy atom. The van der Waals surface area contributed by atoms with Crippen molar-refractivity contribution < 1.29 is 8.42 Å². The van der Waals surface area contributed by atoms with Crippen molar-refractivity contribution in [2.75, 3.05) is 6.54 Å². The molecule has 4 nitrogen and oxygen atoms in total. The second-order valence-electron chi connectivity index (χ2n) is 4.04. The van der Waals surface area contributed by atoms with E-state index in [2.05, 4.69) is 25.6 Å². The fourth-order valence-corrected chi connectivity index (χ4v) is 4.02. The zero-order valence-corrected chi connectivity index (χ0v) is 13.5. The maximum atomic E-state index is 12.2. The summed E-state index contributed by atoms with van der Waals surface area (Å²) < 4.78 is 27.7. The second kappa shape index (κ2) is 6.13. The van der Waals surface area contributed by atoms with E-state index < -0.39 is 10.0 Å². The van der Waals surface area contributed by atoms with E-state index in [4.69, 9.17) is 0 Å². The third kappa shape index (κ3) is 3.85. The van der Waals surface area contributed by atoms with Crippen LogP contribution >= 0.6 is 27.3 Å². The molecular weight excluding hydrogens is 348 g/mol. The molecule has 0 radical (unpaired) electrons. The van der Waals surface area contributed by atoms with Crippen LogP contribution in [0, 0.1) is 6.92 Å². The molecule has 0 aliphatic heterocycles. The number of benzene rings is 1. The third-order valence-corrected chi connectivity index (χ3v) is 5.33. The lowest BCUT2D eigenvalue weighted by atomic mass is 10.2. The fourth-order valence-electron chi connectivity index (χ4n) is 1.62. The summed E-state index contributed by atoms with van der Waals surface area (Å²) in [6.07, 6.45) is 0.593. The van der Waals surface area contributed by atoms with E-state index in [1.807, 2.05) is 11.4 Å². The van der Waals surface area contributed by atoms with Crippen LogP contribution in [0.1, 0.15) is 11.3 Å². The smallest absolute Gasteiger partial charge is 0.240 e. The van der Waals surface area contributed by atoms with Crippen molar-refractivity contribution in [3.8, 4) is 0 Å². The first-order valence-corrected chi connectivity index (χ1v) is 8.84. The van der Waals surface area contributed by atoms with E-state index in [1.54, 1.807) is 24.6 Å². The van der Waals surface area contributed by atoms with Gasteiger partial charge >= 0.3 is 0 Å². The maximum absolute atomic E-state index is 12.2. The van der Waals surface area contributed by atoms with Gasteiger partial charge in [-0.25, -0.2) is 18.1 Å². The largest absolute Gasteiger partial charge is 0.250 e. The Labute approximate surface area is 125 Å². The molecule has 0 spiro atoms. The van der Waals surface area contributed by atoms with Crippen LogP contribution < -0.4 is 4.72 Å². The number of nitrogens with one attached hydrogen (secondary N) is 1. The van der Waals surface area contributed by atoms with Crippen LogP contribution in [0.2, 0.25) is 0 Å². The molecule has 19 heavy (non-hydrogen) atoms. The number of aromatic nitrogens is 1. The summed E-state index contributed by atoms with van der Waals surface area (Å²) in [6.45, 7) is 2.12. The van der Waals surface area contributed by atoms with Crippen molar-refractivity contribution in [1.29, 1.82) is 0 Å². The molecule has 0 atom stereocenters. The van der Waals surface area contributed by atoms with Gasteiger partial charge in [-0.3, -0.25) is 0 Å². The standard InChI is InChI=1S/C12H13BrN2O2S2/c1-9-2-3-10(13)6-12(9)19(16,17)15-5-4-11-7-18-8-14-11/h2-3,6-8,15H,4-5H2,1H3. The van der Waals surface area contributed by atoms with E-state index in [0.29, 0.717) is 17.9 Å². The number of hydrogen-bond donors (Lipinski definition) is 1. The molecule has 7 heteroatoms. The Morgan fingerprint density at radius 2 is 2.21 bits per heavy atom. The lowest BCUT2D eigenvalue weighted by molar-refractivity contribution is 0.580. The molecule has 0 saturated heterocycles. The van der Waals surface area contributed by atoms with Crippen molar-refractivity contribution in [3.63, 3.8) is 0 Å². The first kappa shape index (κ1) is 14.6. The average Bonchev–Trinajstić information content (AvgIpc) is 2.85. The second-order valence-corrected chi connectivity index (χ2v) is 7.41. The number of aryl methyl sites for hydroxylation is 1. The van der Waals surface area contributed by atoms with Gasteiger partial charge in [0, 0.05) is 22.8 Å². The Kier molecular flexibility index (Phi) is 4.72. The minimum absolute atomic E-state index is 0.306. The van der Waals surface area contributed by atoms with Gasteiger partial charge in [-0.15, -0.1) is 11.3 Å². The minimum atomic E-state index is -3.47. The number of rotatable bonds is 5. The number of nitrogens with zero attached hydrogens (tertiary/aromatic N) is 1. The predicted molar refractivity (Wildman–Crippen MR) is 79.9 cm³/mol. The number of halogens is 1. The Hall–Kier alpha value is -0.760. The summed E-state index contributed by atoms with van der Waals surface area (Å²) in [5.74, 6) is 0. The van der Waals surface area contributed by atoms with Gasteiger partial charge in [0.25, 0.3) is 0 Å². The molecule has 0 bridgehead atoms. The number of hydrogen-bond acceptors (Lipinski definition) is 4. The average molecular weight is 361 g/mol. The summed E-state index contributed by atoms with van der Waals surface area (Å²) >= 11 is 4.79. The third-order valence-electron chi connectivity index (χ3n) is 2.60. The van der Waals surface area contributed by atoms with Gasteiger partial charge in [-0.05, 0) is 24.6 Å². The lowest BCUT2D eigenvalue weighted by Crippen LogP contribution is -2.26. The minimum Gasteiger partial charge on any atom is -0.250 e. The van der Waals surface area contributed by atoms with Crippen molar-refractivity contribution in [2.24, 2.45) is 0 Å².